The molecule has 3 aliphatic heterocycles. The second kappa shape index (κ2) is 16.4. The Hall–Kier alpha value is -4.31. The van der Waals surface area contributed by atoms with Crippen LogP contribution < -0.4 is 29.6 Å². The summed E-state index contributed by atoms with van der Waals surface area (Å²) < 4.78 is 46.0. The van der Waals surface area contributed by atoms with Crippen molar-refractivity contribution < 1.29 is 41.8 Å². The number of nitrogens with zero attached hydrogens (tertiary/aromatic N) is 2. The second-order valence-corrected chi connectivity index (χ2v) is 20.5. The molecule has 2 saturated carbocycles. The number of rotatable bonds is 10. The van der Waals surface area contributed by atoms with Gasteiger partial charge in [-0.3, -0.25) is 23.9 Å². The van der Waals surface area contributed by atoms with Gasteiger partial charge in [0.05, 0.1) is 35.3 Å². The van der Waals surface area contributed by atoms with Gasteiger partial charge < -0.3 is 29.7 Å². The van der Waals surface area contributed by atoms with E-state index in [1.807, 2.05) is 58.1 Å². The summed E-state index contributed by atoms with van der Waals surface area (Å²) in [6, 6.07) is 3.37. The number of hydrogen-bond donors (Lipinski definition) is 3. The molecule has 5 aliphatic rings. The third-order valence-electron chi connectivity index (χ3n) is 12.0. The van der Waals surface area contributed by atoms with Gasteiger partial charge in [-0.2, -0.15) is 0 Å². The Morgan fingerprint density at radius 3 is 2.57 bits per heavy atom. The molecule has 1 aromatic heterocycles. The number of nitrogens with one attached hydrogen (secondary N) is 3. The second-order valence-electron chi connectivity index (χ2n) is 16.8. The molecule has 14 nitrogen and oxygen atoms in total. The molecular formula is C42H55N5O9S2. The molecule has 4 heterocycles. The van der Waals surface area contributed by atoms with Gasteiger partial charge in [0, 0.05) is 29.4 Å². The number of benzene rings is 1. The maximum Gasteiger partial charge on any atom is 0.259 e. The first-order valence-electron chi connectivity index (χ1n) is 20.4. The molecule has 2 unspecified atom stereocenters. The zero-order valence-corrected chi connectivity index (χ0v) is 35.7. The molecule has 3 fully saturated rings. The van der Waals surface area contributed by atoms with E-state index in [2.05, 4.69) is 15.4 Å². The van der Waals surface area contributed by atoms with Gasteiger partial charge in [-0.15, -0.1) is 11.8 Å². The van der Waals surface area contributed by atoms with Crippen molar-refractivity contribution in [3.05, 3.63) is 46.9 Å². The number of aromatic nitrogens is 1. The summed E-state index contributed by atoms with van der Waals surface area (Å²) in [5, 5.41) is 6.30. The van der Waals surface area contributed by atoms with Crippen LogP contribution in [0.2, 0.25) is 0 Å². The molecule has 4 amide bonds. The number of carbonyl (C=O) groups excluding carboxylic acids is 4. The number of amides is 4. The van der Waals surface area contributed by atoms with Crippen LogP contribution >= 0.6 is 11.8 Å². The zero-order valence-electron chi connectivity index (χ0n) is 34.1. The summed E-state index contributed by atoms with van der Waals surface area (Å²) in [7, 11) is -2.41. The predicted molar refractivity (Wildman–Crippen MR) is 221 cm³/mol. The highest BCUT2D eigenvalue weighted by Gasteiger charge is 2.63. The van der Waals surface area contributed by atoms with Crippen LogP contribution in [0, 0.1) is 12.8 Å². The highest BCUT2D eigenvalue weighted by Crippen LogP contribution is 2.48. The number of methoxy groups -OCH3 is 1. The van der Waals surface area contributed by atoms with Crippen molar-refractivity contribution in [1.82, 2.24) is 25.2 Å². The van der Waals surface area contributed by atoms with Crippen LogP contribution in [0.15, 0.2) is 41.3 Å². The lowest BCUT2D eigenvalue weighted by molar-refractivity contribution is -0.142. The van der Waals surface area contributed by atoms with E-state index in [0.717, 1.165) is 23.3 Å². The Balaban J connectivity index is 1.22. The molecule has 1 aromatic carbocycles. The van der Waals surface area contributed by atoms with Gasteiger partial charge in [-0.05, 0) is 96.6 Å². The molecule has 2 aliphatic carbocycles. The Morgan fingerprint density at radius 1 is 1.10 bits per heavy atom. The number of sulfonamides is 1. The lowest BCUT2D eigenvalue weighted by Gasteiger charge is -2.30. The smallest absolute Gasteiger partial charge is 0.259 e. The predicted octanol–water partition coefficient (Wildman–Crippen LogP) is 4.98. The molecule has 7 rings (SSSR count). The number of allylic oxidation sites excluding steroid dienone is 3. The fourth-order valence-corrected chi connectivity index (χ4v) is 10.4. The van der Waals surface area contributed by atoms with Crippen LogP contribution in [0.5, 0.6) is 17.4 Å². The summed E-state index contributed by atoms with van der Waals surface area (Å²) in [4.78, 5) is 64.2. The third kappa shape index (κ3) is 8.54. The summed E-state index contributed by atoms with van der Waals surface area (Å²) >= 11 is 1.47. The van der Waals surface area contributed by atoms with Crippen molar-refractivity contribution in [2.45, 2.75) is 139 Å². The fourth-order valence-electron chi connectivity index (χ4n) is 8.12. The van der Waals surface area contributed by atoms with Crippen molar-refractivity contribution in [2.24, 2.45) is 5.92 Å². The van der Waals surface area contributed by atoms with Gasteiger partial charge in [0.15, 0.2) is 0 Å². The van der Waals surface area contributed by atoms with E-state index in [4.69, 9.17) is 19.2 Å². The topological polar surface area (TPSA) is 182 Å². The SMILES string of the molecule is COc1ccc2c(O[C@@H]3C[C@H]4C(=O)N[C@]5(C(=O)NS(=O)(=O)C6(C)CC6)CC5/C=C\CCCCC[C@H](NC(=O)C5CC=C(C)S5)C(=O)N4C3)cc(OC(C)C)nc2c1C. The summed E-state index contributed by atoms with van der Waals surface area (Å²) in [6.07, 6.45) is 10.1. The van der Waals surface area contributed by atoms with Crippen LogP contribution in [0.4, 0.5) is 0 Å². The van der Waals surface area contributed by atoms with Crippen molar-refractivity contribution in [3.63, 3.8) is 0 Å². The minimum atomic E-state index is -3.99. The molecule has 0 radical (unpaired) electrons. The molecule has 0 bridgehead atoms. The summed E-state index contributed by atoms with van der Waals surface area (Å²) in [5.41, 5.74) is -0.118. The molecule has 1 saturated heterocycles. The van der Waals surface area contributed by atoms with Crippen LogP contribution in [-0.2, 0) is 29.2 Å². The minimum absolute atomic E-state index is 0.0106. The molecule has 16 heteroatoms. The van der Waals surface area contributed by atoms with Gasteiger partial charge in [0.25, 0.3) is 5.91 Å². The normalized spacial score (nSPS) is 28.9. The first-order chi connectivity index (χ1) is 27.5. The van der Waals surface area contributed by atoms with E-state index in [0.29, 0.717) is 66.8 Å². The van der Waals surface area contributed by atoms with Crippen LogP contribution in [-0.4, -0.2) is 95.4 Å². The van der Waals surface area contributed by atoms with E-state index >= 15 is 0 Å². The molecule has 2 aromatic rings. The minimum Gasteiger partial charge on any atom is -0.496 e. The third-order valence-corrected chi connectivity index (χ3v) is 15.4. The van der Waals surface area contributed by atoms with Crippen molar-refractivity contribution in [2.75, 3.05) is 13.7 Å². The Labute approximate surface area is 344 Å². The van der Waals surface area contributed by atoms with Crippen LogP contribution in [0.25, 0.3) is 10.9 Å². The van der Waals surface area contributed by atoms with Crippen LogP contribution in [0.3, 0.4) is 0 Å². The number of pyridine rings is 1. The van der Waals surface area contributed by atoms with Crippen molar-refractivity contribution in [3.8, 4) is 17.4 Å². The van der Waals surface area contributed by atoms with Crippen molar-refractivity contribution in [1.29, 1.82) is 0 Å². The van der Waals surface area contributed by atoms with E-state index in [-0.39, 0.29) is 36.6 Å². The van der Waals surface area contributed by atoms with Crippen molar-refractivity contribution >= 4 is 56.3 Å². The number of fused-ring (bicyclic) bond motifs is 3. The Bertz CT molecular complexity index is 2150. The number of ether oxygens (including phenoxy) is 3. The van der Waals surface area contributed by atoms with Gasteiger partial charge in [-0.25, -0.2) is 13.4 Å². The largest absolute Gasteiger partial charge is 0.496 e. The van der Waals surface area contributed by atoms with E-state index in [1.54, 1.807) is 20.1 Å². The number of hydrogen-bond acceptors (Lipinski definition) is 11. The maximum atomic E-state index is 14.8. The first kappa shape index (κ1) is 41.8. The summed E-state index contributed by atoms with van der Waals surface area (Å²) in [6.45, 7) is 9.24. The quantitative estimate of drug-likeness (QED) is 0.275. The maximum absolute atomic E-state index is 14.8. The molecule has 314 valence electrons. The van der Waals surface area contributed by atoms with E-state index in [9.17, 15) is 27.6 Å². The number of thioether (sulfide) groups is 1. The van der Waals surface area contributed by atoms with E-state index in [1.165, 1.54) is 16.7 Å². The zero-order chi connectivity index (χ0) is 41.6. The average molecular weight is 838 g/mol. The highest BCUT2D eigenvalue weighted by atomic mass is 32.2. The molecule has 0 spiro atoms. The molecule has 6 atom stereocenters. The lowest BCUT2D eigenvalue weighted by atomic mass is 10.0. The molecular weight excluding hydrogens is 783 g/mol. The monoisotopic (exact) mass is 837 g/mol. The molecule has 58 heavy (non-hydrogen) atoms. The average Bonchev–Trinajstić information content (AvgIpc) is 3.97. The van der Waals surface area contributed by atoms with Gasteiger partial charge in [-0.1, -0.05) is 31.1 Å². The molecule has 3 N–H and O–H groups in total. The highest BCUT2D eigenvalue weighted by molar-refractivity contribution is 8.04. The first-order valence-corrected chi connectivity index (χ1v) is 22.7. The summed E-state index contributed by atoms with van der Waals surface area (Å²) in [5.74, 6) is -1.05. The van der Waals surface area contributed by atoms with E-state index < -0.39 is 62.1 Å². The number of aryl methyl sites for hydroxylation is 1. The standard InChI is InChI=1S/C42H55N5O9S2/c1-24(2)55-35-21-33(29-15-16-32(54-6)26(4)36(29)44-35)56-28-20-31-37(48)45-42(40(51)46-58(52,53)41(5)18-19-41)22-27(42)12-10-8-7-9-11-13-30(39(50)47(31)23-28)43-38(49)34-17-14-25(3)57-34/h10,12,14-16,21,24,27-28,30-31,34H,7-9,11,13,17-20,22-23H2,1-6H3,(H,43,49)(H,45,48)(H,46,51)/b12-10-/t27?,28-,30+,31+,34?,42-/m1/s1. The lowest BCUT2D eigenvalue weighted by Crippen LogP contribution is -2.59. The fraction of sp³-hybridized carbons (Fsp3) is 0.595. The van der Waals surface area contributed by atoms with Gasteiger partial charge in [0.2, 0.25) is 33.6 Å². The number of carbonyl (C=O) groups is 4. The van der Waals surface area contributed by atoms with Crippen LogP contribution in [0.1, 0.15) is 97.5 Å². The van der Waals surface area contributed by atoms with Gasteiger partial charge >= 0.3 is 0 Å². The van der Waals surface area contributed by atoms with Gasteiger partial charge in [0.1, 0.15) is 35.2 Å². The Morgan fingerprint density at radius 2 is 1.88 bits per heavy atom. The Kier molecular flexibility index (Phi) is 11.8.